The zero-order valence-electron chi connectivity index (χ0n) is 28.5. The largest absolute Gasteiger partial charge is 0.354 e. The van der Waals surface area contributed by atoms with Crippen molar-refractivity contribution in [3.8, 4) is 11.1 Å². The van der Waals surface area contributed by atoms with Crippen molar-refractivity contribution in [2.45, 2.75) is 62.6 Å². The molecule has 254 valence electrons. The smallest absolute Gasteiger partial charge is 0.246 e. The van der Waals surface area contributed by atoms with Crippen LogP contribution >= 0.6 is 0 Å². The molecule has 0 aliphatic heterocycles. The number of nitrogens with zero attached hydrogens (tertiary/aromatic N) is 3. The van der Waals surface area contributed by atoms with Crippen LogP contribution in [0.1, 0.15) is 42.4 Å². The van der Waals surface area contributed by atoms with E-state index in [4.69, 9.17) is 5.73 Å². The van der Waals surface area contributed by atoms with E-state index in [1.807, 2.05) is 91.0 Å². The number of amides is 3. The molecule has 3 N–H and O–H groups in total. The first kappa shape index (κ1) is 35.2. The number of aromatic nitrogens is 1. The van der Waals surface area contributed by atoms with Crippen molar-refractivity contribution in [2.75, 3.05) is 20.6 Å². The summed E-state index contributed by atoms with van der Waals surface area (Å²) in [5.41, 5.74) is 11.2. The van der Waals surface area contributed by atoms with Crippen LogP contribution in [0.25, 0.3) is 11.1 Å². The Hall–Kier alpha value is -5.08. The molecule has 4 aromatic rings. The van der Waals surface area contributed by atoms with E-state index < -0.39 is 12.1 Å². The monoisotopic (exact) mass is 657 g/mol. The number of hydrogen-bond donors (Lipinski definition) is 2. The lowest BCUT2D eigenvalue weighted by Crippen LogP contribution is -2.56. The Labute approximate surface area is 290 Å². The van der Waals surface area contributed by atoms with E-state index in [1.165, 1.54) is 15.9 Å². The van der Waals surface area contributed by atoms with Crippen molar-refractivity contribution in [3.63, 3.8) is 0 Å². The average Bonchev–Trinajstić information content (AvgIpc) is 3.12. The number of hydrogen-bond acceptors (Lipinski definition) is 5. The first-order valence-corrected chi connectivity index (χ1v) is 17.1. The van der Waals surface area contributed by atoms with Crippen LogP contribution in [0.4, 0.5) is 0 Å². The van der Waals surface area contributed by atoms with E-state index in [0.717, 1.165) is 47.1 Å². The lowest BCUT2D eigenvalue weighted by atomic mass is 9.75. The predicted octanol–water partition coefficient (Wildman–Crippen LogP) is 5.37. The van der Waals surface area contributed by atoms with E-state index in [9.17, 15) is 14.4 Å². The van der Waals surface area contributed by atoms with Gasteiger partial charge in [-0.05, 0) is 78.1 Å². The van der Waals surface area contributed by atoms with E-state index in [2.05, 4.69) is 22.4 Å². The van der Waals surface area contributed by atoms with Crippen molar-refractivity contribution < 1.29 is 14.4 Å². The molecule has 5 rings (SSSR count). The molecular weight excluding hydrogens is 610 g/mol. The second-order valence-electron chi connectivity index (χ2n) is 13.1. The maximum atomic E-state index is 14.5. The van der Waals surface area contributed by atoms with Crippen molar-refractivity contribution in [3.05, 3.63) is 138 Å². The van der Waals surface area contributed by atoms with Gasteiger partial charge in [0.25, 0.3) is 0 Å². The molecule has 2 unspecified atom stereocenters. The molecule has 1 fully saturated rings. The Bertz CT molecular complexity index is 1690. The molecule has 2 atom stereocenters. The second-order valence-corrected chi connectivity index (χ2v) is 13.1. The molecular formula is C41H47N5O3. The fraction of sp³-hybridized carbons (Fsp3) is 0.317. The number of pyridine rings is 1. The highest BCUT2D eigenvalue weighted by atomic mass is 16.2. The van der Waals surface area contributed by atoms with Crippen LogP contribution in [0.15, 0.2) is 122 Å². The molecule has 1 aromatic heterocycles. The molecule has 1 saturated carbocycles. The van der Waals surface area contributed by atoms with E-state index in [-0.39, 0.29) is 29.7 Å². The van der Waals surface area contributed by atoms with E-state index in [0.29, 0.717) is 25.8 Å². The molecule has 3 amide bonds. The molecule has 3 aromatic carbocycles. The lowest BCUT2D eigenvalue weighted by Gasteiger charge is -2.37. The summed E-state index contributed by atoms with van der Waals surface area (Å²) in [5, 5.41) is 3.05. The number of benzene rings is 3. The minimum Gasteiger partial charge on any atom is -0.354 e. The quantitative estimate of drug-likeness (QED) is 0.167. The Morgan fingerprint density at radius 1 is 0.776 bits per heavy atom. The Balaban J connectivity index is 1.37. The topological polar surface area (TPSA) is 109 Å². The Morgan fingerprint density at radius 3 is 2.00 bits per heavy atom. The molecule has 8 heteroatoms. The molecule has 0 saturated heterocycles. The summed E-state index contributed by atoms with van der Waals surface area (Å²) in [6, 6.07) is 30.0. The van der Waals surface area contributed by atoms with Crippen LogP contribution in [0, 0.1) is 0 Å². The van der Waals surface area contributed by atoms with Crippen molar-refractivity contribution >= 4 is 17.7 Å². The van der Waals surface area contributed by atoms with Gasteiger partial charge in [-0.1, -0.05) is 91.0 Å². The van der Waals surface area contributed by atoms with Crippen LogP contribution in [-0.4, -0.2) is 70.8 Å². The third kappa shape index (κ3) is 9.74. The number of carbonyl (C=O) groups is 3. The molecule has 1 aliphatic carbocycles. The Kier molecular flexibility index (Phi) is 12.1. The standard InChI is InChI=1S/C41H47N5O3/c1-45(38(47)15-9-23-41(42)24-10-25-41)37(30-33-16-18-35(19-17-33)34-13-7-4-8-14-34)40(49)46(2)36(29-32-11-5-3-6-12-32)39(48)44-28-22-31-20-26-43-27-21-31/h3-9,11-21,26-27,36-37H,10,22-25,28-30,42H2,1-2H3,(H,44,48)/b15-9+. The minimum absolute atomic E-state index is 0.248. The van der Waals surface area contributed by atoms with Gasteiger partial charge >= 0.3 is 0 Å². The van der Waals surface area contributed by atoms with Crippen molar-refractivity contribution in [1.82, 2.24) is 20.1 Å². The predicted molar refractivity (Wildman–Crippen MR) is 194 cm³/mol. The summed E-state index contributed by atoms with van der Waals surface area (Å²) in [5.74, 6) is -0.838. The molecule has 0 radical (unpaired) electrons. The fourth-order valence-electron chi connectivity index (χ4n) is 6.21. The number of rotatable bonds is 15. The van der Waals surface area contributed by atoms with Gasteiger partial charge in [-0.25, -0.2) is 0 Å². The summed E-state index contributed by atoms with van der Waals surface area (Å²) in [6.07, 6.45) is 11.7. The highest BCUT2D eigenvalue weighted by molar-refractivity contribution is 5.95. The van der Waals surface area contributed by atoms with Crippen LogP contribution in [0.5, 0.6) is 0 Å². The number of carbonyl (C=O) groups excluding carboxylic acids is 3. The molecule has 0 bridgehead atoms. The summed E-state index contributed by atoms with van der Waals surface area (Å²) in [7, 11) is 3.32. The van der Waals surface area contributed by atoms with Crippen LogP contribution in [0.3, 0.4) is 0 Å². The molecule has 0 spiro atoms. The van der Waals surface area contributed by atoms with Crippen LogP contribution in [0.2, 0.25) is 0 Å². The number of nitrogens with two attached hydrogens (primary N) is 1. The summed E-state index contributed by atoms with van der Waals surface area (Å²) in [6.45, 7) is 0.416. The number of likely N-dealkylation sites (N-methyl/N-ethyl adjacent to an activating group) is 2. The number of nitrogens with one attached hydrogen (secondary N) is 1. The molecule has 1 heterocycles. The lowest BCUT2D eigenvalue weighted by molar-refractivity contribution is -0.146. The summed E-state index contributed by atoms with van der Waals surface area (Å²) >= 11 is 0. The van der Waals surface area contributed by atoms with Gasteiger partial charge in [-0.2, -0.15) is 0 Å². The zero-order valence-corrected chi connectivity index (χ0v) is 28.5. The van der Waals surface area contributed by atoms with Gasteiger partial charge in [0, 0.05) is 51.4 Å². The van der Waals surface area contributed by atoms with Gasteiger partial charge in [0.1, 0.15) is 12.1 Å². The van der Waals surface area contributed by atoms with Crippen LogP contribution in [-0.2, 0) is 33.6 Å². The molecule has 49 heavy (non-hydrogen) atoms. The average molecular weight is 658 g/mol. The second kappa shape index (κ2) is 16.8. The highest BCUT2D eigenvalue weighted by Crippen LogP contribution is 2.32. The third-order valence-corrected chi connectivity index (χ3v) is 9.58. The van der Waals surface area contributed by atoms with Gasteiger partial charge in [-0.15, -0.1) is 0 Å². The van der Waals surface area contributed by atoms with Gasteiger partial charge in [0.2, 0.25) is 17.7 Å². The van der Waals surface area contributed by atoms with E-state index in [1.54, 1.807) is 26.5 Å². The van der Waals surface area contributed by atoms with Gasteiger partial charge in [0.15, 0.2) is 0 Å². The van der Waals surface area contributed by atoms with E-state index >= 15 is 0 Å². The summed E-state index contributed by atoms with van der Waals surface area (Å²) < 4.78 is 0. The van der Waals surface area contributed by atoms with Crippen molar-refractivity contribution in [1.29, 1.82) is 0 Å². The summed E-state index contributed by atoms with van der Waals surface area (Å²) in [4.78, 5) is 48.9. The molecule has 8 nitrogen and oxygen atoms in total. The highest BCUT2D eigenvalue weighted by Gasteiger charge is 2.35. The van der Waals surface area contributed by atoms with Crippen molar-refractivity contribution in [2.24, 2.45) is 5.73 Å². The van der Waals surface area contributed by atoms with Gasteiger partial charge in [0.05, 0.1) is 0 Å². The van der Waals surface area contributed by atoms with Gasteiger partial charge < -0.3 is 20.9 Å². The zero-order chi connectivity index (χ0) is 34.6. The van der Waals surface area contributed by atoms with Crippen LogP contribution < -0.4 is 11.1 Å². The molecule has 1 aliphatic rings. The third-order valence-electron chi connectivity index (χ3n) is 9.58. The maximum absolute atomic E-state index is 14.5. The normalized spacial score (nSPS) is 14.8. The minimum atomic E-state index is -0.844. The first-order valence-electron chi connectivity index (χ1n) is 17.1. The SMILES string of the molecule is CN(C(=O)/C=C/CC1(N)CCC1)C(Cc1ccc(-c2ccccc2)cc1)C(=O)N(C)C(Cc1ccccc1)C(=O)NCCc1ccncc1. The first-order chi connectivity index (χ1) is 23.7. The Morgan fingerprint density at radius 2 is 1.37 bits per heavy atom. The maximum Gasteiger partial charge on any atom is 0.246 e. The van der Waals surface area contributed by atoms with Gasteiger partial charge in [-0.3, -0.25) is 19.4 Å². The fourth-order valence-corrected chi connectivity index (χ4v) is 6.21.